The summed E-state index contributed by atoms with van der Waals surface area (Å²) in [5.74, 6) is 0. The molecule has 56 valence electrons. The van der Waals surface area contributed by atoms with Gasteiger partial charge in [-0.25, -0.2) is 0 Å². The predicted octanol–water partition coefficient (Wildman–Crippen LogP) is 3.57. The van der Waals surface area contributed by atoms with Crippen LogP contribution in [-0.2, 0) is 0 Å². The smallest absolute Gasteiger partial charge is 0.0426 e. The predicted molar refractivity (Wildman–Crippen MR) is 47.6 cm³/mol. The van der Waals surface area contributed by atoms with Crippen molar-refractivity contribution >= 4 is 27.5 Å². The summed E-state index contributed by atoms with van der Waals surface area (Å²) in [5, 5.41) is 0. The molecule has 0 spiro atoms. The fourth-order valence-electron chi connectivity index (χ4n) is 0.731. The maximum Gasteiger partial charge on any atom is 0.0426 e. The van der Waals surface area contributed by atoms with Crippen molar-refractivity contribution in [3.8, 4) is 0 Å². The van der Waals surface area contributed by atoms with Gasteiger partial charge in [-0.05, 0) is 19.8 Å². The summed E-state index contributed by atoms with van der Waals surface area (Å²) in [6, 6.07) is 0. The van der Waals surface area contributed by atoms with Gasteiger partial charge in [0.15, 0.2) is 0 Å². The average molecular weight is 214 g/mol. The van der Waals surface area contributed by atoms with Gasteiger partial charge in [-0.15, -0.1) is 11.6 Å². The molecular weight excluding hydrogens is 199 g/mol. The Labute approximate surface area is 71.1 Å². The van der Waals surface area contributed by atoms with Crippen LogP contribution < -0.4 is 0 Å². The molecule has 0 aliphatic carbocycles. The van der Waals surface area contributed by atoms with Crippen molar-refractivity contribution in [1.82, 2.24) is 0 Å². The molecule has 9 heavy (non-hydrogen) atoms. The maximum atomic E-state index is 6.09. The van der Waals surface area contributed by atoms with Gasteiger partial charge in [-0.2, -0.15) is 0 Å². The third-order valence-electron chi connectivity index (χ3n) is 1.44. The van der Waals surface area contributed by atoms with Crippen LogP contribution in [0, 0.1) is 0 Å². The van der Waals surface area contributed by atoms with Crippen LogP contribution in [0.1, 0.15) is 33.6 Å². The molecule has 2 heteroatoms. The summed E-state index contributed by atoms with van der Waals surface area (Å²) in [6.07, 6.45) is 2.07. The lowest BCUT2D eigenvalue weighted by molar-refractivity contribution is 0.559. The van der Waals surface area contributed by atoms with Gasteiger partial charge in [0.05, 0.1) is 0 Å². The number of hydrogen-bond acceptors (Lipinski definition) is 0. The van der Waals surface area contributed by atoms with E-state index >= 15 is 0 Å². The Bertz CT molecular complexity index is 79.0. The highest BCUT2D eigenvalue weighted by Crippen LogP contribution is 2.26. The Morgan fingerprint density at radius 2 is 2.11 bits per heavy atom. The number of alkyl halides is 2. The largest absolute Gasteiger partial charge is 0.120 e. The average Bonchev–Trinajstić information content (AvgIpc) is 1.63. The van der Waals surface area contributed by atoms with E-state index in [1.54, 1.807) is 0 Å². The van der Waals surface area contributed by atoms with Crippen LogP contribution >= 0.6 is 27.5 Å². The van der Waals surface area contributed by atoms with Crippen LogP contribution in [0.3, 0.4) is 0 Å². The van der Waals surface area contributed by atoms with Crippen LogP contribution in [0.15, 0.2) is 0 Å². The van der Waals surface area contributed by atoms with Crippen molar-refractivity contribution in [3.63, 3.8) is 0 Å². The summed E-state index contributed by atoms with van der Waals surface area (Å²) in [4.78, 5) is 0.517. The monoisotopic (exact) mass is 212 g/mol. The summed E-state index contributed by atoms with van der Waals surface area (Å²) in [6.45, 7) is 6.31. The van der Waals surface area contributed by atoms with E-state index in [0.717, 1.165) is 12.8 Å². The van der Waals surface area contributed by atoms with E-state index < -0.39 is 0 Å². The molecule has 2 atom stereocenters. The van der Waals surface area contributed by atoms with Crippen molar-refractivity contribution in [2.24, 2.45) is 0 Å². The molecule has 0 aromatic heterocycles. The number of rotatable bonds is 3. The van der Waals surface area contributed by atoms with E-state index in [1.165, 1.54) is 0 Å². The van der Waals surface area contributed by atoms with Crippen LogP contribution in [0.25, 0.3) is 0 Å². The molecule has 0 aliphatic rings. The first kappa shape index (κ1) is 9.77. The molecule has 0 nitrogen and oxygen atoms in total. The second kappa shape index (κ2) is 3.82. The fraction of sp³-hybridized carbons (Fsp3) is 1.00. The first-order valence-electron chi connectivity index (χ1n) is 3.31. The van der Waals surface area contributed by atoms with Crippen molar-refractivity contribution in [2.45, 2.75) is 43.3 Å². The Kier molecular flexibility index (Phi) is 4.15. The minimum absolute atomic E-state index is 0.0110. The van der Waals surface area contributed by atoms with Crippen LogP contribution in [0.2, 0.25) is 0 Å². The zero-order valence-corrected chi connectivity index (χ0v) is 8.59. The minimum Gasteiger partial charge on any atom is -0.120 e. The highest BCUT2D eigenvalue weighted by Gasteiger charge is 2.19. The van der Waals surface area contributed by atoms with Gasteiger partial charge in [0.2, 0.25) is 0 Å². The lowest BCUT2D eigenvalue weighted by Gasteiger charge is -2.20. The van der Waals surface area contributed by atoms with E-state index in [-0.39, 0.29) is 4.87 Å². The molecule has 2 unspecified atom stereocenters. The van der Waals surface area contributed by atoms with E-state index in [2.05, 4.69) is 36.7 Å². The first-order valence-corrected chi connectivity index (χ1v) is 4.60. The third kappa shape index (κ3) is 5.23. The van der Waals surface area contributed by atoms with Crippen LogP contribution in [0.4, 0.5) is 0 Å². The molecule has 0 bridgehead atoms. The third-order valence-corrected chi connectivity index (χ3v) is 2.19. The second-order valence-electron chi connectivity index (χ2n) is 2.75. The topological polar surface area (TPSA) is 0 Å². The van der Waals surface area contributed by atoms with E-state index in [4.69, 9.17) is 11.6 Å². The van der Waals surface area contributed by atoms with Crippen molar-refractivity contribution in [1.29, 1.82) is 0 Å². The molecule has 0 aliphatic heterocycles. The van der Waals surface area contributed by atoms with Gasteiger partial charge in [0.1, 0.15) is 0 Å². The van der Waals surface area contributed by atoms with Crippen molar-refractivity contribution in [3.05, 3.63) is 0 Å². The molecule has 0 rings (SSSR count). The number of halogens is 2. The lowest BCUT2D eigenvalue weighted by atomic mass is 10.0. The molecule has 0 aromatic carbocycles. The Hall–Kier alpha value is 0.770. The van der Waals surface area contributed by atoms with Gasteiger partial charge < -0.3 is 0 Å². The summed E-state index contributed by atoms with van der Waals surface area (Å²) in [5.41, 5.74) is 0. The van der Waals surface area contributed by atoms with Gasteiger partial charge in [-0.1, -0.05) is 29.8 Å². The zero-order chi connectivity index (χ0) is 7.49. The molecule has 0 saturated carbocycles. The molecule has 0 fully saturated rings. The van der Waals surface area contributed by atoms with Gasteiger partial charge in [-0.3, -0.25) is 0 Å². The first-order chi connectivity index (χ1) is 3.98. The van der Waals surface area contributed by atoms with Crippen LogP contribution in [-0.4, -0.2) is 9.70 Å². The van der Waals surface area contributed by atoms with Gasteiger partial charge in [0.25, 0.3) is 0 Å². The normalized spacial score (nSPS) is 21.0. The van der Waals surface area contributed by atoms with E-state index in [0.29, 0.717) is 4.83 Å². The molecular formula is C7H14BrCl. The van der Waals surface area contributed by atoms with E-state index in [1.807, 2.05) is 0 Å². The molecule has 0 amide bonds. The summed E-state index contributed by atoms with van der Waals surface area (Å²) >= 11 is 9.55. The quantitative estimate of drug-likeness (QED) is 0.629. The SMILES string of the molecule is CCC(C)(Cl)CC(C)Br. The van der Waals surface area contributed by atoms with Crippen molar-refractivity contribution in [2.75, 3.05) is 0 Å². The van der Waals surface area contributed by atoms with E-state index in [9.17, 15) is 0 Å². The second-order valence-corrected chi connectivity index (χ2v) is 5.23. The van der Waals surface area contributed by atoms with Crippen molar-refractivity contribution < 1.29 is 0 Å². The lowest BCUT2D eigenvalue weighted by Crippen LogP contribution is -2.18. The maximum absolute atomic E-state index is 6.09. The highest BCUT2D eigenvalue weighted by atomic mass is 79.9. The molecule has 0 saturated heterocycles. The summed E-state index contributed by atoms with van der Waals surface area (Å²) < 4.78 is 0. The summed E-state index contributed by atoms with van der Waals surface area (Å²) in [7, 11) is 0. The molecule has 0 radical (unpaired) electrons. The Morgan fingerprint density at radius 1 is 1.67 bits per heavy atom. The highest BCUT2D eigenvalue weighted by molar-refractivity contribution is 9.09. The Morgan fingerprint density at radius 3 is 2.22 bits per heavy atom. The molecule has 0 N–H and O–H groups in total. The minimum atomic E-state index is -0.0110. The Balaban J connectivity index is 3.58. The van der Waals surface area contributed by atoms with Gasteiger partial charge >= 0.3 is 0 Å². The zero-order valence-electron chi connectivity index (χ0n) is 6.25. The van der Waals surface area contributed by atoms with Gasteiger partial charge in [0, 0.05) is 9.70 Å². The number of hydrogen-bond donors (Lipinski definition) is 0. The molecule has 0 heterocycles. The fourth-order valence-corrected chi connectivity index (χ4v) is 1.86. The van der Waals surface area contributed by atoms with Crippen LogP contribution in [0.5, 0.6) is 0 Å². The molecule has 0 aromatic rings. The standard InChI is InChI=1S/C7H14BrCl/c1-4-7(3,9)5-6(2)8/h6H,4-5H2,1-3H3.